The molecule has 0 aliphatic heterocycles. The second kappa shape index (κ2) is 4.55. The fourth-order valence-electron chi connectivity index (χ4n) is 2.42. The van der Waals surface area contributed by atoms with E-state index in [9.17, 15) is 18.3 Å². The van der Waals surface area contributed by atoms with Crippen LogP contribution in [0.25, 0.3) is 0 Å². The average Bonchev–Trinajstić information content (AvgIpc) is 2.79. The van der Waals surface area contributed by atoms with Gasteiger partial charge in [0.25, 0.3) is 0 Å². The molecule has 0 spiro atoms. The van der Waals surface area contributed by atoms with E-state index in [-0.39, 0.29) is 22.8 Å². The predicted octanol–water partition coefficient (Wildman–Crippen LogP) is 2.51. The Morgan fingerprint density at radius 3 is 2.28 bits per heavy atom. The second-order valence-corrected chi connectivity index (χ2v) is 7.08. The third kappa shape index (κ3) is 1.82. The summed E-state index contributed by atoms with van der Waals surface area (Å²) in [7, 11) is -3.96. The van der Waals surface area contributed by atoms with Crippen LogP contribution in [0.1, 0.15) is 25.7 Å². The number of hydrogen-bond acceptors (Lipinski definition) is 3. The van der Waals surface area contributed by atoms with Crippen molar-refractivity contribution in [2.24, 2.45) is 0 Å². The molecule has 98 valence electrons. The molecule has 2 rings (SSSR count). The Morgan fingerprint density at radius 1 is 1.22 bits per heavy atom. The minimum atomic E-state index is -3.96. The highest BCUT2D eigenvalue weighted by molar-refractivity contribution is 7.93. The Bertz CT molecular complexity index is 573. The lowest BCUT2D eigenvalue weighted by Gasteiger charge is -2.24. The third-order valence-corrected chi connectivity index (χ3v) is 6.43. The summed E-state index contributed by atoms with van der Waals surface area (Å²) in [6.45, 7) is 0. The fourth-order valence-corrected chi connectivity index (χ4v) is 4.92. The number of rotatable bonds is 3. The van der Waals surface area contributed by atoms with Crippen LogP contribution in [0.3, 0.4) is 0 Å². The number of halogens is 1. The van der Waals surface area contributed by atoms with E-state index in [1.165, 1.54) is 12.1 Å². The minimum Gasteiger partial charge on any atom is -0.480 e. The summed E-state index contributed by atoms with van der Waals surface area (Å²) in [5, 5.41) is 9.40. The maximum atomic E-state index is 12.6. The van der Waals surface area contributed by atoms with Crippen LogP contribution in [0.2, 0.25) is 5.02 Å². The molecule has 1 aliphatic carbocycles. The van der Waals surface area contributed by atoms with Crippen molar-refractivity contribution in [3.8, 4) is 0 Å². The Hall–Kier alpha value is -1.07. The molecule has 1 aromatic carbocycles. The molecule has 1 fully saturated rings. The maximum absolute atomic E-state index is 12.6. The fraction of sp³-hybridized carbons (Fsp3) is 0.417. The Balaban J connectivity index is 2.61. The molecular weight excluding hydrogens is 276 g/mol. The van der Waals surface area contributed by atoms with E-state index in [0.29, 0.717) is 12.8 Å². The van der Waals surface area contributed by atoms with E-state index in [0.717, 1.165) is 0 Å². The van der Waals surface area contributed by atoms with E-state index in [4.69, 9.17) is 11.6 Å². The summed E-state index contributed by atoms with van der Waals surface area (Å²) in [6, 6.07) is 5.98. The molecular formula is C12H13ClO4S. The first-order chi connectivity index (χ1) is 8.42. The van der Waals surface area contributed by atoms with Gasteiger partial charge in [-0.05, 0) is 25.0 Å². The van der Waals surface area contributed by atoms with Crippen LogP contribution in [0.4, 0.5) is 0 Å². The van der Waals surface area contributed by atoms with Crippen molar-refractivity contribution >= 4 is 27.4 Å². The van der Waals surface area contributed by atoms with Gasteiger partial charge in [0.2, 0.25) is 0 Å². The summed E-state index contributed by atoms with van der Waals surface area (Å²) in [6.07, 6.45) is 1.51. The lowest BCUT2D eigenvalue weighted by atomic mass is 10.1. The highest BCUT2D eigenvalue weighted by atomic mass is 35.5. The number of sulfone groups is 1. The molecule has 0 bridgehead atoms. The van der Waals surface area contributed by atoms with E-state index < -0.39 is 20.6 Å². The van der Waals surface area contributed by atoms with Gasteiger partial charge in [0.1, 0.15) is 0 Å². The van der Waals surface area contributed by atoms with Gasteiger partial charge >= 0.3 is 5.97 Å². The molecule has 18 heavy (non-hydrogen) atoms. The normalized spacial score (nSPS) is 18.7. The van der Waals surface area contributed by atoms with Crippen LogP contribution < -0.4 is 0 Å². The molecule has 0 amide bonds. The van der Waals surface area contributed by atoms with E-state index in [1.807, 2.05) is 0 Å². The van der Waals surface area contributed by atoms with Crippen molar-refractivity contribution in [3.63, 3.8) is 0 Å². The first-order valence-electron chi connectivity index (χ1n) is 5.64. The topological polar surface area (TPSA) is 71.4 Å². The van der Waals surface area contributed by atoms with Gasteiger partial charge in [0.15, 0.2) is 14.6 Å². The largest absolute Gasteiger partial charge is 0.480 e. The van der Waals surface area contributed by atoms with Gasteiger partial charge in [-0.15, -0.1) is 0 Å². The highest BCUT2D eigenvalue weighted by Gasteiger charge is 2.53. The molecule has 0 heterocycles. The number of carboxylic acids is 1. The number of carboxylic acid groups (broad SMARTS) is 1. The van der Waals surface area contributed by atoms with E-state index >= 15 is 0 Å². The molecule has 0 radical (unpaired) electrons. The predicted molar refractivity (Wildman–Crippen MR) is 67.5 cm³/mol. The second-order valence-electron chi connectivity index (χ2n) is 4.44. The smallest absolute Gasteiger partial charge is 0.325 e. The van der Waals surface area contributed by atoms with Crippen LogP contribution >= 0.6 is 11.6 Å². The summed E-state index contributed by atoms with van der Waals surface area (Å²) in [4.78, 5) is 11.3. The van der Waals surface area contributed by atoms with Crippen LogP contribution in [0, 0.1) is 0 Å². The zero-order valence-electron chi connectivity index (χ0n) is 9.60. The average molecular weight is 289 g/mol. The molecule has 1 aliphatic rings. The summed E-state index contributed by atoms with van der Waals surface area (Å²) >= 11 is 5.88. The molecule has 4 nitrogen and oxygen atoms in total. The first kappa shape index (κ1) is 13.4. The minimum absolute atomic E-state index is 0.0741. The highest BCUT2D eigenvalue weighted by Crippen LogP contribution is 2.42. The van der Waals surface area contributed by atoms with Gasteiger partial charge in [-0.2, -0.15) is 0 Å². The lowest BCUT2D eigenvalue weighted by Crippen LogP contribution is -2.44. The number of aliphatic carboxylic acids is 1. The quantitative estimate of drug-likeness (QED) is 0.927. The first-order valence-corrected chi connectivity index (χ1v) is 7.50. The van der Waals surface area contributed by atoms with Crippen molar-refractivity contribution < 1.29 is 18.3 Å². The van der Waals surface area contributed by atoms with Crippen LogP contribution in [-0.4, -0.2) is 24.2 Å². The zero-order chi connectivity index (χ0) is 13.4. The van der Waals surface area contributed by atoms with Crippen LogP contribution in [-0.2, 0) is 14.6 Å². The SMILES string of the molecule is O=C(O)C1(S(=O)(=O)c2ccccc2Cl)CCCC1. The molecule has 0 unspecified atom stereocenters. The lowest BCUT2D eigenvalue weighted by molar-refractivity contribution is -0.139. The molecule has 6 heteroatoms. The molecule has 1 aromatic rings. The molecule has 0 aromatic heterocycles. The summed E-state index contributed by atoms with van der Waals surface area (Å²) in [5.74, 6) is -1.28. The molecule has 0 saturated heterocycles. The number of carbonyl (C=O) groups is 1. The maximum Gasteiger partial charge on any atom is 0.325 e. The van der Waals surface area contributed by atoms with Gasteiger partial charge in [0.05, 0.1) is 9.92 Å². The van der Waals surface area contributed by atoms with Gasteiger partial charge in [-0.1, -0.05) is 36.6 Å². The van der Waals surface area contributed by atoms with Crippen molar-refractivity contribution in [1.82, 2.24) is 0 Å². The molecule has 1 N–H and O–H groups in total. The van der Waals surface area contributed by atoms with Crippen LogP contribution in [0.5, 0.6) is 0 Å². The van der Waals surface area contributed by atoms with Gasteiger partial charge in [-0.3, -0.25) is 4.79 Å². The van der Waals surface area contributed by atoms with Crippen molar-refractivity contribution in [1.29, 1.82) is 0 Å². The summed E-state index contributed by atoms with van der Waals surface area (Å²) in [5.41, 5.74) is 0. The third-order valence-electron chi connectivity index (χ3n) is 3.44. The van der Waals surface area contributed by atoms with Gasteiger partial charge in [-0.25, -0.2) is 8.42 Å². The molecule has 0 atom stereocenters. The monoisotopic (exact) mass is 288 g/mol. The Morgan fingerprint density at radius 2 is 1.78 bits per heavy atom. The number of benzene rings is 1. The van der Waals surface area contributed by atoms with Gasteiger partial charge < -0.3 is 5.11 Å². The van der Waals surface area contributed by atoms with Crippen molar-refractivity contribution in [2.75, 3.05) is 0 Å². The van der Waals surface area contributed by atoms with Crippen molar-refractivity contribution in [2.45, 2.75) is 35.3 Å². The molecule has 1 saturated carbocycles. The Labute approximate surface area is 110 Å². The Kier molecular flexibility index (Phi) is 3.38. The zero-order valence-corrected chi connectivity index (χ0v) is 11.2. The van der Waals surface area contributed by atoms with Gasteiger partial charge in [0, 0.05) is 0 Å². The van der Waals surface area contributed by atoms with Crippen LogP contribution in [0.15, 0.2) is 29.2 Å². The van der Waals surface area contributed by atoms with E-state index in [1.54, 1.807) is 12.1 Å². The summed E-state index contributed by atoms with van der Waals surface area (Å²) < 4.78 is 23.4. The standard InChI is InChI=1S/C12H13ClO4S/c13-9-5-1-2-6-10(9)18(16,17)12(11(14)15)7-3-4-8-12/h1-2,5-6H,3-4,7-8H2,(H,14,15). The van der Waals surface area contributed by atoms with E-state index in [2.05, 4.69) is 0 Å². The van der Waals surface area contributed by atoms with Crippen molar-refractivity contribution in [3.05, 3.63) is 29.3 Å². The number of hydrogen-bond donors (Lipinski definition) is 1.